The summed E-state index contributed by atoms with van der Waals surface area (Å²) in [6, 6.07) is 58.6. The molecular formula is C75H79N6O14P. The molecule has 2 amide bonds. The van der Waals surface area contributed by atoms with Gasteiger partial charge in [-0.05, 0) is 139 Å². The lowest BCUT2D eigenvalue weighted by Crippen LogP contribution is -2.39. The van der Waals surface area contributed by atoms with Gasteiger partial charge in [0.25, 0.3) is 14.4 Å². The molecule has 1 aromatic heterocycles. The Kier molecular flexibility index (Phi) is 23.6. The molecule has 4 atom stereocenters. The second kappa shape index (κ2) is 32.7. The van der Waals surface area contributed by atoms with E-state index in [1.54, 1.807) is 69.8 Å². The van der Waals surface area contributed by atoms with Crippen molar-refractivity contribution in [2.75, 3.05) is 59.6 Å². The molecule has 10 rings (SSSR count). The third-order valence-corrected chi connectivity index (χ3v) is 19.0. The second-order valence-electron chi connectivity index (χ2n) is 23.8. The van der Waals surface area contributed by atoms with Crippen LogP contribution in [0.5, 0.6) is 17.2 Å². The molecule has 1 aliphatic heterocycles. The summed E-state index contributed by atoms with van der Waals surface area (Å²) in [6.45, 7) is 8.47. The second-order valence-corrected chi connectivity index (χ2v) is 25.2. The Morgan fingerprint density at radius 2 is 1.29 bits per heavy atom. The molecule has 2 heterocycles. The van der Waals surface area contributed by atoms with Gasteiger partial charge in [-0.2, -0.15) is 10.2 Å². The smallest absolute Gasteiger partial charge is 0.497 e. The van der Waals surface area contributed by atoms with Crippen LogP contribution in [0, 0.1) is 11.3 Å². The van der Waals surface area contributed by atoms with Crippen molar-refractivity contribution in [2.24, 2.45) is 0 Å². The van der Waals surface area contributed by atoms with Gasteiger partial charge < -0.3 is 52.4 Å². The van der Waals surface area contributed by atoms with Crippen LogP contribution in [0.4, 0.5) is 15.4 Å². The maximum Gasteiger partial charge on any atom is 0.513 e. The molecule has 2 aliphatic rings. The number of amides is 2. The number of fused-ring (bicyclic) bond motifs is 3. The molecule has 7 aromatic carbocycles. The number of methoxy groups -OCH3 is 2. The number of rotatable bonds is 30. The van der Waals surface area contributed by atoms with Crippen LogP contribution in [-0.2, 0) is 51.2 Å². The average Bonchev–Trinajstić information content (AvgIpc) is 1.21. The number of ether oxygens (including phenoxy) is 7. The Morgan fingerprint density at radius 1 is 0.708 bits per heavy atom. The molecule has 20 nitrogen and oxygen atoms in total. The summed E-state index contributed by atoms with van der Waals surface area (Å²) in [5, 5.41) is 12.3. The zero-order valence-electron chi connectivity index (χ0n) is 54.8. The predicted molar refractivity (Wildman–Crippen MR) is 363 cm³/mol. The number of hydrogen-bond acceptors (Lipinski definition) is 17. The lowest BCUT2D eigenvalue weighted by molar-refractivity contribution is -0.118. The summed E-state index contributed by atoms with van der Waals surface area (Å²) < 4.78 is 58.5. The largest absolute Gasteiger partial charge is 0.513 e. The Morgan fingerprint density at radius 3 is 1.89 bits per heavy atom. The van der Waals surface area contributed by atoms with Crippen molar-refractivity contribution >= 4 is 38.3 Å². The standard InChI is InChI=1S/C75H79N6O14P/c1-50(2)81(51(3)4)96(92-44-15-41-76)95-67-47-70(94-68(67)49-91-75(55-16-9-8-10-17-55,56-29-36-59(87-6)37-30-56)57-31-38-60(88-7)39-32-57)80-42-40-69(78-72(80)84)77-71(83)54-27-22-52(23-28-54)24-33-58(82)46-53-25-34-61(35-26-53)93-74(86)89-45-43-79(5)73(85)90-48-66-64-20-13-11-18-62(64)63-19-12-14-21-65(63)66/h8-14,16-23,25-32,34-40,42,50-51,66-68,70H,15,24,33,43-49H2,1-7H3,(H,77,78,83,84)/t67?,68-,70-,96?/m1/s1. The average molecular weight is 1320 g/mol. The highest BCUT2D eigenvalue weighted by Gasteiger charge is 2.45. The Bertz CT molecular complexity index is 3930. The molecule has 0 spiro atoms. The quantitative estimate of drug-likeness (QED) is 0.0145. The number of anilines is 1. The fraction of sp³-hybridized carbons (Fsp3) is 0.320. The number of benzene rings is 7. The number of nitrogens with zero attached hydrogens (tertiary/aromatic N) is 5. The lowest BCUT2D eigenvalue weighted by atomic mass is 9.80. The first kappa shape index (κ1) is 69.3. The number of hydrogen-bond donors (Lipinski definition) is 1. The third kappa shape index (κ3) is 16.9. The maximum absolute atomic E-state index is 14.1. The van der Waals surface area contributed by atoms with Gasteiger partial charge in [-0.25, -0.2) is 19.1 Å². The van der Waals surface area contributed by atoms with Gasteiger partial charge in [0.05, 0.1) is 52.6 Å². The van der Waals surface area contributed by atoms with Crippen LogP contribution in [0.3, 0.4) is 0 Å². The molecule has 1 fully saturated rings. The van der Waals surface area contributed by atoms with Crippen LogP contribution in [0.15, 0.2) is 193 Å². The third-order valence-electron chi connectivity index (χ3n) is 16.8. The van der Waals surface area contributed by atoms with E-state index < -0.39 is 56.4 Å². The van der Waals surface area contributed by atoms with Crippen LogP contribution < -0.4 is 25.2 Å². The van der Waals surface area contributed by atoms with Crippen LogP contribution >= 0.6 is 8.53 Å². The van der Waals surface area contributed by atoms with Crippen molar-refractivity contribution in [3.63, 3.8) is 0 Å². The first-order valence-electron chi connectivity index (χ1n) is 32.0. The van der Waals surface area contributed by atoms with Crippen molar-refractivity contribution in [1.29, 1.82) is 5.26 Å². The van der Waals surface area contributed by atoms with E-state index in [0.29, 0.717) is 23.5 Å². The number of nitriles is 1. The molecule has 0 bridgehead atoms. The van der Waals surface area contributed by atoms with E-state index in [2.05, 4.69) is 73.0 Å². The van der Waals surface area contributed by atoms with Crippen LogP contribution in [0.1, 0.15) is 108 Å². The first-order chi connectivity index (χ1) is 46.5. The summed E-state index contributed by atoms with van der Waals surface area (Å²) in [4.78, 5) is 71.9. The topological polar surface area (TPSA) is 229 Å². The molecule has 1 N–H and O–H groups in total. The van der Waals surface area contributed by atoms with E-state index in [4.69, 9.17) is 42.2 Å². The van der Waals surface area contributed by atoms with Crippen LogP contribution in [-0.4, -0.2) is 122 Å². The molecule has 1 saturated heterocycles. The number of nitrogens with one attached hydrogen (secondary N) is 1. The normalized spacial score (nSPS) is 15.3. The zero-order valence-corrected chi connectivity index (χ0v) is 55.7. The summed E-state index contributed by atoms with van der Waals surface area (Å²) in [6.07, 6.45) is -1.17. The number of carbonyl (C=O) groups excluding carboxylic acids is 4. The van der Waals surface area contributed by atoms with Crippen molar-refractivity contribution in [2.45, 2.75) is 102 Å². The Labute approximate surface area is 560 Å². The molecule has 96 heavy (non-hydrogen) atoms. The van der Waals surface area contributed by atoms with E-state index in [-0.39, 0.29) is 94.0 Å². The molecule has 21 heteroatoms. The number of Topliss-reactive ketones (excluding diaryl/α,β-unsaturated/α-hetero) is 1. The summed E-state index contributed by atoms with van der Waals surface area (Å²) in [5.74, 6) is 0.999. The van der Waals surface area contributed by atoms with E-state index >= 15 is 0 Å². The maximum atomic E-state index is 14.1. The van der Waals surface area contributed by atoms with E-state index in [0.717, 1.165) is 50.1 Å². The minimum atomic E-state index is -1.77. The predicted octanol–water partition coefficient (Wildman–Crippen LogP) is 13.6. The fourth-order valence-electron chi connectivity index (χ4n) is 12.0. The van der Waals surface area contributed by atoms with Crippen molar-refractivity contribution in [1.82, 2.24) is 19.1 Å². The summed E-state index contributed by atoms with van der Waals surface area (Å²) in [5.41, 5.74) is 6.92. The number of likely N-dealkylation sites (N-methyl/N-ethyl adjacent to an activating group) is 1. The van der Waals surface area contributed by atoms with E-state index in [1.807, 2.05) is 103 Å². The number of aromatic nitrogens is 2. The Balaban J connectivity index is 0.729. The number of carbonyl (C=O) groups is 4. The zero-order chi connectivity index (χ0) is 67.7. The highest BCUT2D eigenvalue weighted by Crippen LogP contribution is 2.51. The van der Waals surface area contributed by atoms with Crippen molar-refractivity contribution in [3.8, 4) is 34.4 Å². The SMILES string of the molecule is COc1ccc(C(OC[C@H]2O[C@@H](n3ccc(NC(=O)c4ccc(CCC(=O)Cc5ccc(OC(=O)OCCN(C)C(=O)OCC6c7ccccc7-c7ccccc76)cc5)cc4)nc3=O)CC2OP(OCCC#N)N(C(C)C)C(C)C)(c2ccccc2)c2ccc(OC)cc2)cc1. The van der Waals surface area contributed by atoms with E-state index in [9.17, 15) is 29.2 Å². The number of ketones is 1. The Hall–Kier alpha value is -9.58. The molecule has 498 valence electrons. The number of aryl methyl sites for hydroxylation is 1. The molecule has 1 aliphatic carbocycles. The monoisotopic (exact) mass is 1320 g/mol. The lowest BCUT2D eigenvalue weighted by Gasteiger charge is -2.39. The van der Waals surface area contributed by atoms with Gasteiger partial charge in [-0.3, -0.25) is 14.2 Å². The van der Waals surface area contributed by atoms with Gasteiger partial charge in [0.15, 0.2) is 0 Å². The molecule has 0 saturated carbocycles. The van der Waals surface area contributed by atoms with Gasteiger partial charge in [-0.1, -0.05) is 127 Å². The van der Waals surface area contributed by atoms with Gasteiger partial charge in [-0.15, -0.1) is 0 Å². The molecule has 0 radical (unpaired) electrons. The van der Waals surface area contributed by atoms with Gasteiger partial charge >= 0.3 is 17.9 Å². The first-order valence-corrected chi connectivity index (χ1v) is 33.1. The highest BCUT2D eigenvalue weighted by atomic mass is 31.2. The summed E-state index contributed by atoms with van der Waals surface area (Å²) in [7, 11) is 3.03. The fourth-order valence-corrected chi connectivity index (χ4v) is 13.8. The molecule has 8 aromatic rings. The molecule has 2 unspecified atom stereocenters. The van der Waals surface area contributed by atoms with Gasteiger partial charge in [0.1, 0.15) is 60.0 Å². The minimum Gasteiger partial charge on any atom is -0.497 e. The van der Waals surface area contributed by atoms with Crippen LogP contribution in [0.2, 0.25) is 0 Å². The van der Waals surface area contributed by atoms with Gasteiger partial charge in [0.2, 0.25) is 0 Å². The summed E-state index contributed by atoms with van der Waals surface area (Å²) >= 11 is 0. The highest BCUT2D eigenvalue weighted by molar-refractivity contribution is 7.44. The van der Waals surface area contributed by atoms with Crippen molar-refractivity contribution < 1.29 is 61.4 Å². The minimum absolute atomic E-state index is 0.000788. The van der Waals surface area contributed by atoms with Crippen LogP contribution in [0.25, 0.3) is 11.1 Å². The van der Waals surface area contributed by atoms with Gasteiger partial charge in [0, 0.05) is 56.1 Å². The molecular weight excluding hydrogens is 1240 g/mol. The van der Waals surface area contributed by atoms with E-state index in [1.165, 1.54) is 21.7 Å². The van der Waals surface area contributed by atoms with Crippen molar-refractivity contribution in [3.05, 3.63) is 243 Å².